The van der Waals surface area contributed by atoms with Crippen LogP contribution in [0.15, 0.2) is 12.1 Å². The highest BCUT2D eigenvalue weighted by atomic mass is 19.2. The van der Waals surface area contributed by atoms with Gasteiger partial charge in [-0.2, -0.15) is 5.48 Å². The van der Waals surface area contributed by atoms with E-state index in [0.29, 0.717) is 13.0 Å². The van der Waals surface area contributed by atoms with E-state index in [4.69, 9.17) is 4.84 Å². The maximum absolute atomic E-state index is 13.2. The van der Waals surface area contributed by atoms with Crippen LogP contribution in [0.5, 0.6) is 0 Å². The molecule has 0 spiro atoms. The molecule has 76 valence electrons. The van der Waals surface area contributed by atoms with E-state index in [1.807, 2.05) is 0 Å². The minimum atomic E-state index is -1.43. The second kappa shape index (κ2) is 3.59. The molecule has 0 aromatic heterocycles. The van der Waals surface area contributed by atoms with Crippen LogP contribution in [0, 0.1) is 17.5 Å². The fourth-order valence-electron chi connectivity index (χ4n) is 1.42. The monoisotopic (exact) mass is 203 g/mol. The Morgan fingerprint density at radius 2 is 2.00 bits per heavy atom. The first kappa shape index (κ1) is 9.48. The van der Waals surface area contributed by atoms with E-state index in [1.54, 1.807) is 0 Å². The largest absolute Gasteiger partial charge is 0.301 e. The highest BCUT2D eigenvalue weighted by Gasteiger charge is 2.23. The van der Waals surface area contributed by atoms with Crippen molar-refractivity contribution in [2.75, 3.05) is 6.61 Å². The van der Waals surface area contributed by atoms with E-state index in [1.165, 1.54) is 6.07 Å². The van der Waals surface area contributed by atoms with Gasteiger partial charge in [-0.25, -0.2) is 13.2 Å². The van der Waals surface area contributed by atoms with Crippen LogP contribution in [0.2, 0.25) is 0 Å². The zero-order valence-electron chi connectivity index (χ0n) is 7.19. The highest BCUT2D eigenvalue weighted by Crippen LogP contribution is 2.25. The number of hydrogen-bond acceptors (Lipinski definition) is 2. The molecule has 1 aromatic rings. The average molecular weight is 203 g/mol. The molecule has 1 aliphatic heterocycles. The lowest BCUT2D eigenvalue weighted by atomic mass is 10.0. The summed E-state index contributed by atoms with van der Waals surface area (Å²) >= 11 is 0. The molecule has 1 heterocycles. The van der Waals surface area contributed by atoms with Crippen molar-refractivity contribution in [2.24, 2.45) is 0 Å². The Labute approximate surface area is 78.6 Å². The standard InChI is InChI=1S/C9H8F3NO/c10-6-2-1-5(8(11)9(6)12)7-3-4-14-13-7/h1-2,7,13H,3-4H2/t7-/m1/s1. The van der Waals surface area contributed by atoms with Gasteiger partial charge in [-0.1, -0.05) is 6.07 Å². The molecular weight excluding hydrogens is 195 g/mol. The molecule has 0 saturated carbocycles. The summed E-state index contributed by atoms with van der Waals surface area (Å²) in [6.45, 7) is 0.434. The van der Waals surface area contributed by atoms with Crippen molar-refractivity contribution in [1.82, 2.24) is 5.48 Å². The first-order valence-electron chi connectivity index (χ1n) is 4.21. The molecular formula is C9H8F3NO. The maximum Gasteiger partial charge on any atom is 0.194 e. The quantitative estimate of drug-likeness (QED) is 0.705. The third-order valence-electron chi connectivity index (χ3n) is 2.17. The van der Waals surface area contributed by atoms with Crippen LogP contribution >= 0.6 is 0 Å². The van der Waals surface area contributed by atoms with Gasteiger partial charge in [0.1, 0.15) is 0 Å². The topological polar surface area (TPSA) is 21.3 Å². The number of hydroxylamine groups is 1. The Hall–Kier alpha value is -1.07. The van der Waals surface area contributed by atoms with E-state index in [-0.39, 0.29) is 5.56 Å². The van der Waals surface area contributed by atoms with Crippen LogP contribution < -0.4 is 5.48 Å². The van der Waals surface area contributed by atoms with Crippen molar-refractivity contribution in [1.29, 1.82) is 0 Å². The first-order valence-corrected chi connectivity index (χ1v) is 4.21. The Bertz CT molecular complexity index is 350. The van der Waals surface area contributed by atoms with E-state index in [9.17, 15) is 13.2 Å². The SMILES string of the molecule is Fc1ccc([C@H]2CCON2)c(F)c1F. The third-order valence-corrected chi connectivity index (χ3v) is 2.17. The maximum atomic E-state index is 13.2. The fraction of sp³-hybridized carbons (Fsp3) is 0.333. The summed E-state index contributed by atoms with van der Waals surface area (Å²) in [6, 6.07) is 1.73. The number of halogens is 3. The van der Waals surface area contributed by atoms with Crippen LogP contribution in [0.25, 0.3) is 0 Å². The molecule has 1 fully saturated rings. The van der Waals surface area contributed by atoms with Gasteiger partial charge in [-0.3, -0.25) is 0 Å². The van der Waals surface area contributed by atoms with Gasteiger partial charge in [0.2, 0.25) is 0 Å². The van der Waals surface area contributed by atoms with Crippen LogP contribution in [-0.2, 0) is 4.84 Å². The van der Waals surface area contributed by atoms with Crippen molar-refractivity contribution in [3.05, 3.63) is 35.1 Å². The van der Waals surface area contributed by atoms with Crippen LogP contribution in [0.4, 0.5) is 13.2 Å². The molecule has 0 unspecified atom stereocenters. The van der Waals surface area contributed by atoms with Gasteiger partial charge < -0.3 is 4.84 Å². The molecule has 1 N–H and O–H groups in total. The lowest BCUT2D eigenvalue weighted by Gasteiger charge is -2.10. The van der Waals surface area contributed by atoms with E-state index in [2.05, 4.69) is 5.48 Å². The second-order valence-corrected chi connectivity index (χ2v) is 3.07. The van der Waals surface area contributed by atoms with Crippen molar-refractivity contribution < 1.29 is 18.0 Å². The highest BCUT2D eigenvalue weighted by molar-refractivity contribution is 5.23. The van der Waals surface area contributed by atoms with Gasteiger partial charge in [0, 0.05) is 5.56 Å². The molecule has 1 atom stereocenters. The molecule has 1 aliphatic rings. The predicted octanol–water partition coefficient (Wildman–Crippen LogP) is 2.07. The summed E-state index contributed by atoms with van der Waals surface area (Å²) in [5.74, 6) is -3.76. The molecule has 1 saturated heterocycles. The number of nitrogens with one attached hydrogen (secondary N) is 1. The average Bonchev–Trinajstić information content (AvgIpc) is 2.67. The van der Waals surface area contributed by atoms with Gasteiger partial charge in [0.15, 0.2) is 17.5 Å². The summed E-state index contributed by atoms with van der Waals surface area (Å²) in [4.78, 5) is 4.80. The lowest BCUT2D eigenvalue weighted by molar-refractivity contribution is 0.0875. The minimum absolute atomic E-state index is 0.0985. The van der Waals surface area contributed by atoms with Crippen molar-refractivity contribution in [3.8, 4) is 0 Å². The Morgan fingerprint density at radius 1 is 1.21 bits per heavy atom. The Kier molecular flexibility index (Phi) is 2.43. The number of hydrogen-bond donors (Lipinski definition) is 1. The van der Waals surface area contributed by atoms with Gasteiger partial charge in [-0.15, -0.1) is 0 Å². The Morgan fingerprint density at radius 3 is 2.64 bits per heavy atom. The smallest absolute Gasteiger partial charge is 0.194 e. The summed E-state index contributed by atoms with van der Waals surface area (Å²) in [7, 11) is 0. The molecule has 0 bridgehead atoms. The summed E-state index contributed by atoms with van der Waals surface area (Å²) < 4.78 is 38.6. The van der Waals surface area contributed by atoms with E-state index in [0.717, 1.165) is 6.07 Å². The lowest BCUT2D eigenvalue weighted by Crippen LogP contribution is -2.14. The van der Waals surface area contributed by atoms with Gasteiger partial charge >= 0.3 is 0 Å². The first-order chi connectivity index (χ1) is 6.70. The molecule has 1 aromatic carbocycles. The molecule has 2 nitrogen and oxygen atoms in total. The summed E-state index contributed by atoms with van der Waals surface area (Å²) in [5.41, 5.74) is 2.63. The van der Waals surface area contributed by atoms with Crippen molar-refractivity contribution in [2.45, 2.75) is 12.5 Å². The predicted molar refractivity (Wildman–Crippen MR) is 42.8 cm³/mol. The summed E-state index contributed by atoms with van der Waals surface area (Å²) in [6.07, 6.45) is 0.544. The Balaban J connectivity index is 2.38. The molecule has 0 aliphatic carbocycles. The molecule has 0 radical (unpaired) electrons. The minimum Gasteiger partial charge on any atom is -0.301 e. The van der Waals surface area contributed by atoms with Gasteiger partial charge in [-0.05, 0) is 12.5 Å². The molecule has 5 heteroatoms. The van der Waals surface area contributed by atoms with E-state index >= 15 is 0 Å². The third kappa shape index (κ3) is 1.49. The summed E-state index contributed by atoms with van der Waals surface area (Å²) in [5, 5.41) is 0. The zero-order valence-corrected chi connectivity index (χ0v) is 7.19. The molecule has 0 amide bonds. The fourth-order valence-corrected chi connectivity index (χ4v) is 1.42. The normalized spacial score (nSPS) is 21.5. The number of benzene rings is 1. The van der Waals surface area contributed by atoms with Crippen LogP contribution in [0.1, 0.15) is 18.0 Å². The second-order valence-electron chi connectivity index (χ2n) is 3.07. The van der Waals surface area contributed by atoms with Gasteiger partial charge in [0.25, 0.3) is 0 Å². The molecule has 2 rings (SSSR count). The van der Waals surface area contributed by atoms with E-state index < -0.39 is 23.5 Å². The van der Waals surface area contributed by atoms with Crippen molar-refractivity contribution in [3.63, 3.8) is 0 Å². The zero-order chi connectivity index (χ0) is 10.1. The molecule has 14 heavy (non-hydrogen) atoms. The number of rotatable bonds is 1. The van der Waals surface area contributed by atoms with Crippen molar-refractivity contribution >= 4 is 0 Å². The van der Waals surface area contributed by atoms with Gasteiger partial charge in [0.05, 0.1) is 12.6 Å². The van der Waals surface area contributed by atoms with Crippen LogP contribution in [-0.4, -0.2) is 6.61 Å². The van der Waals surface area contributed by atoms with Crippen LogP contribution in [0.3, 0.4) is 0 Å².